The molecule has 806 valence electrons. The second kappa shape index (κ2) is 62.5. The second-order valence-corrected chi connectivity index (χ2v) is 40.8. The number of benzene rings is 2. The van der Waals surface area contributed by atoms with E-state index < -0.39 is 118 Å². The molecule has 1 saturated carbocycles. The number of unbranched alkanes of at least 4 members (excludes halogenated alkanes) is 1. The van der Waals surface area contributed by atoms with Gasteiger partial charge in [-0.1, -0.05) is 99.5 Å². The molecule has 2 saturated heterocycles. The van der Waals surface area contributed by atoms with Crippen LogP contribution in [0.25, 0.3) is 10.9 Å². The molecule has 0 radical (unpaired) electrons. The molecule has 142 heavy (non-hydrogen) atoms. The quantitative estimate of drug-likeness (QED) is 0.00662. The van der Waals surface area contributed by atoms with Gasteiger partial charge in [-0.2, -0.15) is 9.59 Å². The summed E-state index contributed by atoms with van der Waals surface area (Å²) >= 11 is 0. The first-order valence-electron chi connectivity index (χ1n) is 49.6. The van der Waals surface area contributed by atoms with Crippen LogP contribution in [0, 0.1) is 18.3 Å². The fraction of sp³-hybridized carbons (Fsp3) is 0.743. The van der Waals surface area contributed by atoms with E-state index in [2.05, 4.69) is 126 Å². The number of esters is 4. The molecule has 13 N–H and O–H groups in total. The number of Topliss-reactive ketones (excluding diaryl/α,β-unsaturated/α-hetero) is 1. The lowest BCUT2D eigenvalue weighted by atomic mass is 9.47. The average Bonchev–Trinajstić information content (AvgIpc) is 1.47. The van der Waals surface area contributed by atoms with Gasteiger partial charge in [0.15, 0.2) is 36.5 Å². The molecule has 1 aromatic heterocycles. The molecule has 3 aromatic rings. The highest BCUT2D eigenvalue weighted by Crippen LogP contribution is 2.67. The topological polar surface area (TPSA) is 542 Å². The van der Waals surface area contributed by atoms with Crippen LogP contribution in [0.1, 0.15) is 238 Å². The van der Waals surface area contributed by atoms with Crippen molar-refractivity contribution in [2.24, 2.45) is 11.3 Å². The molecule has 39 nitrogen and oxygen atoms in total. The summed E-state index contributed by atoms with van der Waals surface area (Å²) in [5.74, 6) is -4.29. The van der Waals surface area contributed by atoms with Crippen molar-refractivity contribution in [3.8, 4) is 0 Å². The number of carboxylic acids is 1. The van der Waals surface area contributed by atoms with Gasteiger partial charge < -0.3 is 129 Å². The summed E-state index contributed by atoms with van der Waals surface area (Å²) < 4.78 is 62.1. The van der Waals surface area contributed by atoms with Crippen LogP contribution in [0.3, 0.4) is 0 Å². The highest BCUT2D eigenvalue weighted by atomic mass is 33.1. The van der Waals surface area contributed by atoms with Crippen LogP contribution in [-0.2, 0) is 127 Å². The van der Waals surface area contributed by atoms with Crippen molar-refractivity contribution >= 4 is 97.7 Å². The van der Waals surface area contributed by atoms with Crippen molar-refractivity contribution in [2.75, 3.05) is 152 Å². The van der Waals surface area contributed by atoms with Crippen LogP contribution in [0.15, 0.2) is 48.6 Å². The molecule has 1 spiro atoms. The molecular weight excluding hydrogens is 1890 g/mol. The Kier molecular flexibility index (Phi) is 54.9. The highest BCUT2D eigenvalue weighted by molar-refractivity contribution is 8.76. The molecule has 14 unspecified atom stereocenters. The minimum Gasteiger partial charge on any atom is -0.481 e. The highest BCUT2D eigenvalue weighted by Gasteiger charge is 2.78. The number of rotatable bonds is 57. The van der Waals surface area contributed by atoms with Crippen LogP contribution in [-0.4, -0.2) is 357 Å². The van der Waals surface area contributed by atoms with E-state index in [9.17, 15) is 58.8 Å². The second-order valence-electron chi connectivity index (χ2n) is 37.7. The Bertz CT molecular complexity index is 4420. The lowest BCUT2D eigenvalue weighted by Gasteiger charge is -2.63. The van der Waals surface area contributed by atoms with Gasteiger partial charge in [0.25, 0.3) is 0 Å². The Hall–Kier alpha value is -7.69. The van der Waals surface area contributed by atoms with Gasteiger partial charge in [0, 0.05) is 156 Å². The van der Waals surface area contributed by atoms with Gasteiger partial charge >= 0.3 is 36.0 Å². The van der Waals surface area contributed by atoms with E-state index in [4.69, 9.17) is 92.0 Å². The maximum atomic E-state index is 15.2. The zero-order chi connectivity index (χ0) is 106. The Morgan fingerprint density at radius 1 is 0.627 bits per heavy atom. The van der Waals surface area contributed by atoms with Gasteiger partial charge in [0.05, 0.1) is 95.0 Å². The number of ether oxygens (including phenoxy) is 12. The van der Waals surface area contributed by atoms with E-state index in [1.165, 1.54) is 57.6 Å². The van der Waals surface area contributed by atoms with Gasteiger partial charge in [-0.25, -0.2) is 4.79 Å². The van der Waals surface area contributed by atoms with Crippen molar-refractivity contribution in [2.45, 2.75) is 324 Å². The van der Waals surface area contributed by atoms with Crippen molar-refractivity contribution in [1.29, 1.82) is 0 Å². The molecule has 3 amide bonds. The third kappa shape index (κ3) is 35.6. The molecule has 6 heterocycles. The Morgan fingerprint density at radius 2 is 1.16 bits per heavy atom. The number of ketones is 1. The number of aryl methyl sites for hydroxylation is 1. The zero-order valence-corrected chi connectivity index (χ0v) is 87.9. The largest absolute Gasteiger partial charge is 0.481 e. The van der Waals surface area contributed by atoms with E-state index in [1.807, 2.05) is 41.0 Å². The summed E-state index contributed by atoms with van der Waals surface area (Å²) in [7, 11) is 11.1. The summed E-state index contributed by atoms with van der Waals surface area (Å²) in [5.41, 5.74) is 2.93. The van der Waals surface area contributed by atoms with Gasteiger partial charge in [0.1, 0.15) is 32.0 Å². The van der Waals surface area contributed by atoms with Crippen LogP contribution >= 0.6 is 21.6 Å². The smallest absolute Gasteiger partial charge is 0.373 e. The number of amides is 3. The third-order valence-corrected chi connectivity index (χ3v) is 30.1. The lowest BCUT2D eigenvalue weighted by molar-refractivity contribution is -0.202. The molecule has 1 aliphatic carbocycles. The number of hydrogen-bond donors (Lipinski definition) is 13. The number of nitrogens with zero attached hydrogens (tertiary/aromatic N) is 3. The number of fused-ring (bicyclic) bond motifs is 6. The Morgan fingerprint density at radius 3 is 1.68 bits per heavy atom. The number of nitrogens with one attached hydrogen (secondary N) is 4. The van der Waals surface area contributed by atoms with Crippen LogP contribution in [0.5, 0.6) is 0 Å². The van der Waals surface area contributed by atoms with E-state index >= 15 is 4.79 Å². The van der Waals surface area contributed by atoms with Crippen LogP contribution in [0.2, 0.25) is 0 Å². The number of carbonyl (C=O) groups excluding carboxylic acids is 10. The van der Waals surface area contributed by atoms with Gasteiger partial charge in [0.2, 0.25) is 17.7 Å². The summed E-state index contributed by atoms with van der Waals surface area (Å²) in [4.78, 5) is 137. The number of aromatic nitrogens is 1. The summed E-state index contributed by atoms with van der Waals surface area (Å²) in [6.07, 6.45) is 9.42. The number of anilines is 1. The Balaban J connectivity index is 0.000000451. The molecule has 41 heteroatoms. The number of aliphatic carboxylic acids is 1. The summed E-state index contributed by atoms with van der Waals surface area (Å²) in [6, 6.07) is 11.4. The molecule has 5 aliphatic heterocycles. The van der Waals surface area contributed by atoms with Crippen LogP contribution < -0.4 is 20.9 Å². The van der Waals surface area contributed by atoms with E-state index in [1.54, 1.807) is 21.6 Å². The number of aliphatic hydroxyl groups excluding tert-OH is 6. The van der Waals surface area contributed by atoms with Crippen molar-refractivity contribution in [3.63, 3.8) is 0 Å². The number of carbonyl (C=O) groups is 9. The fourth-order valence-electron chi connectivity index (χ4n) is 19.9. The number of piperidine rings is 1. The maximum Gasteiger partial charge on any atom is 0.373 e. The van der Waals surface area contributed by atoms with Crippen molar-refractivity contribution in [1.82, 2.24) is 30.7 Å². The Labute approximate surface area is 843 Å². The first-order chi connectivity index (χ1) is 67.6. The average molecular weight is 2050 g/mol. The summed E-state index contributed by atoms with van der Waals surface area (Å²) in [6.45, 7) is 25.6. The van der Waals surface area contributed by atoms with Gasteiger partial charge in [-0.15, -0.1) is 0 Å². The van der Waals surface area contributed by atoms with Crippen LogP contribution in [0.4, 0.5) is 5.69 Å². The fourth-order valence-corrected chi connectivity index (χ4v) is 22.1. The van der Waals surface area contributed by atoms with Crippen molar-refractivity contribution < 1.29 is 156 Å². The number of likely N-dealkylation sites (N-methyl/N-ethyl adjacent to an activating group) is 1. The molecule has 2 bridgehead atoms. The molecule has 3 fully saturated rings. The number of aromatic amines is 1. The lowest BCUT2D eigenvalue weighted by Crippen LogP contribution is -2.80. The number of para-hydroxylation sites is 1. The van der Waals surface area contributed by atoms with E-state index in [0.717, 1.165) is 67.6 Å². The van der Waals surface area contributed by atoms with E-state index in [0.29, 0.717) is 90.4 Å². The van der Waals surface area contributed by atoms with Crippen molar-refractivity contribution in [3.05, 3.63) is 76.5 Å². The maximum absolute atomic E-state index is 15.2. The number of aliphatic hydroxyl groups is 8. The van der Waals surface area contributed by atoms with Gasteiger partial charge in [-0.05, 0) is 184 Å². The first kappa shape index (κ1) is 125. The predicted molar refractivity (Wildman–Crippen MR) is 530 cm³/mol. The zero-order valence-electron chi connectivity index (χ0n) is 86.3. The molecule has 6 aliphatic rings. The third-order valence-electron chi connectivity index (χ3n) is 27.4. The molecule has 9 rings (SSSR count). The predicted octanol–water partition coefficient (Wildman–Crippen LogP) is 7.23. The van der Waals surface area contributed by atoms with Gasteiger partial charge in [-0.3, -0.25) is 48.2 Å². The first-order valence-corrected chi connectivity index (χ1v) is 52.2. The minimum absolute atomic E-state index is 0.0106. The number of hydrogen-bond acceptors (Lipinski definition) is 36. The molecular formula is C101H163N7O32S2. The SMILES string of the molecule is CCC(CO)OC(CO)OC.CCC(CO)OC(COC(=O)CCC(=O)NCCCNC(=O)CCC(C)(C)SSC)OC.CCC(CO)OC(COC(=O)CCC(=O)O)OC.CCC(CO)OC(COC(=O)CCCC(=O)NC(C)C(=O)OCCCCC(=O)[C@]1(O)C2N(C)c3cc(C)c([C@@]4(C)CC5CN(CCc6c4[nH]c4ccccc64)CC(O)(CC)C5)cc3[C@@]23CCN2CC=C[C@](CC)(C23)[C@H]1O)OC.O=C=O. The molecule has 2 aromatic carbocycles. The number of methoxy groups -OCH3 is 4. The summed E-state index contributed by atoms with van der Waals surface area (Å²) in [5, 5.41) is 101. The number of H-pyrrole nitrogens is 1. The van der Waals surface area contributed by atoms with E-state index in [-0.39, 0.29) is 170 Å². The standard InChI is InChI=1S/C61H87N5O12.C21H40N2O7S2.C11H20O7.C7H16O4.CO2/c1-9-41(35-67)78-51(75-8)36-77-50(70)22-16-21-49(69)62-39(5)53(71)76-29-15-14-20-48(68)61(74)55-60(25-28-66-26-17-24-59(11-3,54(60)66)56(61)72)45-31-44(38(4)30-47(45)64(55)7)57(6)32-40-33-58(73,10-2)37-65(34-40)27-23-43-42-18-12-13-19-46(42)63-52(43)57;1-6-16(14-24)30-20(28-4)15-29-19(27)9-8-17(25)22-12-7-13-23-18(26)10-11-21(2,3)32-31-5;1-3-8(6-12)18-11(16-2)7-17-10(15)5-4-9(13)14;1-3-6(4-8)11-7(5-9)10-2;2-1-3/h12-13,17-19,24,30-31,39-41,51,54-56,63,67,72-74H,9-11,14-16,20-23,25-29,32-37H2,1-8H3,(H,62,69);16,20,24H,6-15H2,1-5H3,(H,22,25)(H,23,26);8,11-12H,3-7H2,1-2H3,(H,13,14);6-9H,3-5H2,1-2H3;/t39?,40?,41?,51?,54?,55?,56-,57-,58?,59-,60-,61+;;;;/m1..../s1. The minimum atomic E-state index is -2.17. The molecule has 19 atom stereocenters. The normalized spacial score (nSPS) is 23.8. The monoisotopic (exact) mass is 2050 g/mol. The number of carboxylic acid groups (broad SMARTS) is 1.